The summed E-state index contributed by atoms with van der Waals surface area (Å²) in [4.78, 5) is 0. The molecule has 1 rings (SSSR count). The molecule has 15 heavy (non-hydrogen) atoms. The third-order valence-corrected chi connectivity index (χ3v) is 4.64. The van der Waals surface area contributed by atoms with Crippen LogP contribution in [0.25, 0.3) is 0 Å². The number of sulfonamides is 1. The van der Waals surface area contributed by atoms with E-state index >= 15 is 0 Å². The maximum absolute atomic E-state index is 11.8. The molecule has 0 bridgehead atoms. The van der Waals surface area contributed by atoms with Gasteiger partial charge in [0.1, 0.15) is 0 Å². The number of nitriles is 1. The fraction of sp³-hybridized carbons (Fsp3) is 0.900. The van der Waals surface area contributed by atoms with E-state index in [0.717, 1.165) is 19.3 Å². The van der Waals surface area contributed by atoms with E-state index in [2.05, 4.69) is 6.07 Å². The van der Waals surface area contributed by atoms with E-state index in [1.807, 2.05) is 6.92 Å². The molecule has 1 saturated heterocycles. The molecular weight excluding hydrogens is 212 g/mol. The average Bonchev–Trinajstić information content (AvgIpc) is 2.26. The summed E-state index contributed by atoms with van der Waals surface area (Å²) in [6.07, 6.45) is 3.23. The van der Waals surface area contributed by atoms with Crippen LogP contribution in [0.5, 0.6) is 0 Å². The molecule has 1 unspecified atom stereocenters. The minimum absolute atomic E-state index is 0.116. The average molecular weight is 230 g/mol. The molecule has 1 aliphatic rings. The van der Waals surface area contributed by atoms with Gasteiger partial charge in [0.25, 0.3) is 0 Å². The molecule has 0 aromatic heterocycles. The van der Waals surface area contributed by atoms with Crippen molar-refractivity contribution in [1.29, 1.82) is 5.26 Å². The molecule has 0 N–H and O–H groups in total. The largest absolute Gasteiger partial charge is 0.214 e. The minimum atomic E-state index is -3.11. The molecule has 86 valence electrons. The van der Waals surface area contributed by atoms with Crippen molar-refractivity contribution < 1.29 is 8.42 Å². The van der Waals surface area contributed by atoms with E-state index in [-0.39, 0.29) is 11.7 Å². The second-order valence-electron chi connectivity index (χ2n) is 4.00. The lowest BCUT2D eigenvalue weighted by Crippen LogP contribution is -2.40. The van der Waals surface area contributed by atoms with E-state index in [1.165, 1.54) is 4.31 Å². The van der Waals surface area contributed by atoms with Crippen molar-refractivity contribution in [3.05, 3.63) is 0 Å². The fourth-order valence-electron chi connectivity index (χ4n) is 1.76. The van der Waals surface area contributed by atoms with Gasteiger partial charge in [-0.3, -0.25) is 0 Å². The van der Waals surface area contributed by atoms with Crippen molar-refractivity contribution in [3.63, 3.8) is 0 Å². The molecule has 0 aromatic rings. The van der Waals surface area contributed by atoms with Crippen molar-refractivity contribution in [3.8, 4) is 6.07 Å². The monoisotopic (exact) mass is 230 g/mol. The summed E-state index contributed by atoms with van der Waals surface area (Å²) in [5, 5.41) is 8.78. The lowest BCUT2D eigenvalue weighted by atomic mass is 10.0. The first kappa shape index (κ1) is 12.5. The van der Waals surface area contributed by atoms with Gasteiger partial charge in [0.05, 0.1) is 17.7 Å². The van der Waals surface area contributed by atoms with Gasteiger partial charge in [-0.05, 0) is 19.3 Å². The zero-order valence-electron chi connectivity index (χ0n) is 9.15. The van der Waals surface area contributed by atoms with E-state index in [1.54, 1.807) is 0 Å². The van der Waals surface area contributed by atoms with Crippen LogP contribution in [0.15, 0.2) is 0 Å². The predicted molar refractivity (Wildman–Crippen MR) is 58.6 cm³/mol. The summed E-state index contributed by atoms with van der Waals surface area (Å²) in [6.45, 7) is 2.95. The van der Waals surface area contributed by atoms with Gasteiger partial charge in [-0.2, -0.15) is 5.26 Å². The highest BCUT2D eigenvalue weighted by atomic mass is 32.2. The number of rotatable bonds is 4. The first-order valence-corrected chi connectivity index (χ1v) is 7.08. The molecule has 1 heterocycles. The molecule has 0 spiro atoms. The van der Waals surface area contributed by atoms with Gasteiger partial charge in [0.2, 0.25) is 10.0 Å². The zero-order chi connectivity index (χ0) is 11.3. The molecule has 0 amide bonds. The Bertz CT molecular complexity index is 332. The minimum Gasteiger partial charge on any atom is -0.212 e. The summed E-state index contributed by atoms with van der Waals surface area (Å²) < 4.78 is 25.1. The van der Waals surface area contributed by atoms with Crippen LogP contribution < -0.4 is 0 Å². The Kier molecular flexibility index (Phi) is 4.55. The van der Waals surface area contributed by atoms with Gasteiger partial charge in [0, 0.05) is 13.1 Å². The Hall–Kier alpha value is -0.600. The first-order valence-electron chi connectivity index (χ1n) is 5.47. The van der Waals surface area contributed by atoms with Crippen LogP contribution in [0.1, 0.15) is 32.6 Å². The molecule has 0 saturated carbocycles. The van der Waals surface area contributed by atoms with Crippen LogP contribution in [0, 0.1) is 17.2 Å². The van der Waals surface area contributed by atoms with Crippen molar-refractivity contribution in [2.45, 2.75) is 32.6 Å². The van der Waals surface area contributed by atoms with Crippen LogP contribution in [0.3, 0.4) is 0 Å². The quantitative estimate of drug-likeness (QED) is 0.732. The van der Waals surface area contributed by atoms with Crippen molar-refractivity contribution >= 4 is 10.0 Å². The number of hydrogen-bond acceptors (Lipinski definition) is 3. The Labute approximate surface area is 91.9 Å². The molecule has 0 aliphatic carbocycles. The molecule has 0 radical (unpaired) electrons. The van der Waals surface area contributed by atoms with Crippen LogP contribution in [0.4, 0.5) is 0 Å². The van der Waals surface area contributed by atoms with Crippen molar-refractivity contribution in [1.82, 2.24) is 4.31 Å². The van der Waals surface area contributed by atoms with Crippen LogP contribution in [0.2, 0.25) is 0 Å². The van der Waals surface area contributed by atoms with Gasteiger partial charge in [-0.15, -0.1) is 0 Å². The maximum Gasteiger partial charge on any atom is 0.214 e. The highest BCUT2D eigenvalue weighted by molar-refractivity contribution is 7.89. The van der Waals surface area contributed by atoms with Crippen LogP contribution in [-0.4, -0.2) is 31.6 Å². The van der Waals surface area contributed by atoms with Gasteiger partial charge < -0.3 is 0 Å². The third-order valence-electron chi connectivity index (χ3n) is 2.72. The Morgan fingerprint density at radius 2 is 2.27 bits per heavy atom. The highest BCUT2D eigenvalue weighted by Gasteiger charge is 2.27. The predicted octanol–water partition coefficient (Wildman–Crippen LogP) is 1.35. The molecule has 1 atom stereocenters. The maximum atomic E-state index is 11.8. The van der Waals surface area contributed by atoms with E-state index < -0.39 is 10.0 Å². The second kappa shape index (κ2) is 5.47. The highest BCUT2D eigenvalue weighted by Crippen LogP contribution is 2.19. The standard InChI is InChI=1S/C10H18N2O2S/c1-2-3-7-15(13,14)12-6-4-5-10(8-11)9-12/h10H,2-7,9H2,1H3. The zero-order valence-corrected chi connectivity index (χ0v) is 9.96. The Balaban J connectivity index is 2.59. The van der Waals surface area contributed by atoms with E-state index in [4.69, 9.17) is 5.26 Å². The molecule has 1 aliphatic heterocycles. The van der Waals surface area contributed by atoms with Crippen LogP contribution >= 0.6 is 0 Å². The Morgan fingerprint density at radius 1 is 1.53 bits per heavy atom. The van der Waals surface area contributed by atoms with Crippen molar-refractivity contribution in [2.24, 2.45) is 5.92 Å². The van der Waals surface area contributed by atoms with Gasteiger partial charge in [-0.25, -0.2) is 12.7 Å². The van der Waals surface area contributed by atoms with Gasteiger partial charge in [-0.1, -0.05) is 13.3 Å². The van der Waals surface area contributed by atoms with Gasteiger partial charge in [0.15, 0.2) is 0 Å². The fourth-order valence-corrected chi connectivity index (χ4v) is 3.48. The summed E-state index contributed by atoms with van der Waals surface area (Å²) in [7, 11) is -3.11. The van der Waals surface area contributed by atoms with Gasteiger partial charge >= 0.3 is 0 Å². The van der Waals surface area contributed by atoms with E-state index in [0.29, 0.717) is 19.5 Å². The number of hydrogen-bond donors (Lipinski definition) is 0. The lowest BCUT2D eigenvalue weighted by Gasteiger charge is -2.28. The first-order chi connectivity index (χ1) is 7.10. The van der Waals surface area contributed by atoms with Crippen molar-refractivity contribution in [2.75, 3.05) is 18.8 Å². The van der Waals surface area contributed by atoms with Crippen LogP contribution in [-0.2, 0) is 10.0 Å². The summed E-state index contributed by atoms with van der Waals surface area (Å²) in [5.41, 5.74) is 0. The van der Waals surface area contributed by atoms with E-state index in [9.17, 15) is 8.42 Å². The molecule has 0 aromatic carbocycles. The molecule has 1 fully saturated rings. The summed E-state index contributed by atoms with van der Waals surface area (Å²) in [6, 6.07) is 2.16. The number of unbranched alkanes of at least 4 members (excludes halogenated alkanes) is 1. The molecule has 5 heteroatoms. The topological polar surface area (TPSA) is 61.2 Å². The number of nitrogens with zero attached hydrogens (tertiary/aromatic N) is 2. The lowest BCUT2D eigenvalue weighted by molar-refractivity contribution is 0.305. The summed E-state index contributed by atoms with van der Waals surface area (Å²) >= 11 is 0. The normalized spacial score (nSPS) is 23.6. The molecule has 4 nitrogen and oxygen atoms in total. The smallest absolute Gasteiger partial charge is 0.212 e. The second-order valence-corrected chi connectivity index (χ2v) is 6.08. The summed E-state index contributed by atoms with van der Waals surface area (Å²) in [5.74, 6) is 0.108. The molecular formula is C10H18N2O2S. The third kappa shape index (κ3) is 3.47. The Morgan fingerprint density at radius 3 is 2.87 bits per heavy atom. The number of piperidine rings is 1. The SMILES string of the molecule is CCCCS(=O)(=O)N1CCCC(C#N)C1.